The molecule has 1 radical (unpaired) electrons. The topological polar surface area (TPSA) is 102 Å². The summed E-state index contributed by atoms with van der Waals surface area (Å²) < 4.78 is 11.2. The van der Waals surface area contributed by atoms with Crippen LogP contribution in [0.5, 0.6) is 11.5 Å². The van der Waals surface area contributed by atoms with Crippen molar-refractivity contribution in [3.05, 3.63) is 95.7 Å². The van der Waals surface area contributed by atoms with Crippen molar-refractivity contribution in [2.75, 3.05) is 26.9 Å². The number of nitrogens with one attached hydrogen (secondary N) is 1. The predicted octanol–water partition coefficient (Wildman–Crippen LogP) is 3.82. The summed E-state index contributed by atoms with van der Waals surface area (Å²) in [7, 11) is 1.60. The zero-order valence-electron chi connectivity index (χ0n) is 22.3. The number of fused-ring (bicyclic) bond motifs is 1. The number of aliphatic hydroxyl groups excluding tert-OH is 1. The van der Waals surface area contributed by atoms with Crippen LogP contribution >= 0.6 is 0 Å². The van der Waals surface area contributed by atoms with Gasteiger partial charge < -0.3 is 24.8 Å². The van der Waals surface area contributed by atoms with Crippen LogP contribution in [0.3, 0.4) is 0 Å². The summed E-state index contributed by atoms with van der Waals surface area (Å²) in [5.41, 5.74) is 4.72. The molecule has 3 aromatic rings. The first-order chi connectivity index (χ1) is 19.0. The maximum Gasteiger partial charge on any atom is 0.258 e. The van der Waals surface area contributed by atoms with E-state index in [0.29, 0.717) is 37.4 Å². The van der Waals surface area contributed by atoms with Crippen LogP contribution in [0.15, 0.2) is 79.0 Å². The van der Waals surface area contributed by atoms with E-state index < -0.39 is 0 Å². The van der Waals surface area contributed by atoms with E-state index in [1.165, 1.54) is 6.92 Å². The Labute approximate surface area is 229 Å². The molecule has 1 unspecified atom stereocenters. The van der Waals surface area contributed by atoms with Gasteiger partial charge in [0.05, 0.1) is 18.8 Å². The highest BCUT2D eigenvalue weighted by molar-refractivity contribution is 5.81. The first-order valence-electron chi connectivity index (χ1n) is 13.0. The number of methoxy groups -OCH3 is 1. The molecule has 1 heterocycles. The van der Waals surface area contributed by atoms with Gasteiger partial charge in [0.2, 0.25) is 5.91 Å². The number of hydrogen-bond acceptors (Lipinski definition) is 5. The number of ether oxygens (including phenoxy) is 2. The van der Waals surface area contributed by atoms with Gasteiger partial charge >= 0.3 is 0 Å². The number of carbonyl (C=O) groups is 2. The molecule has 4 rings (SSSR count). The lowest BCUT2D eigenvalue weighted by molar-refractivity contribution is -0.131. The van der Waals surface area contributed by atoms with Gasteiger partial charge in [-0.25, -0.2) is 0 Å². The van der Waals surface area contributed by atoms with Crippen molar-refractivity contribution in [1.82, 2.24) is 15.5 Å². The number of amides is 2. The van der Waals surface area contributed by atoms with Crippen LogP contribution in [0.25, 0.3) is 5.57 Å². The van der Waals surface area contributed by atoms with Crippen LogP contribution in [-0.4, -0.2) is 54.7 Å². The number of nitrogens with zero attached hydrogens (tertiary/aromatic N) is 2. The smallest absolute Gasteiger partial charge is 0.258 e. The Bertz CT molecular complexity index is 1320. The molecule has 0 spiro atoms. The fourth-order valence-corrected chi connectivity index (χ4v) is 4.61. The van der Waals surface area contributed by atoms with Crippen molar-refractivity contribution in [1.29, 1.82) is 0 Å². The molecular weight excluding hydrogens is 494 g/mol. The number of hydrogen-bond donors (Lipinski definition) is 2. The van der Waals surface area contributed by atoms with Crippen molar-refractivity contribution in [3.63, 3.8) is 0 Å². The summed E-state index contributed by atoms with van der Waals surface area (Å²) >= 11 is 0. The minimum atomic E-state index is -0.381. The normalized spacial score (nSPS) is 12.5. The summed E-state index contributed by atoms with van der Waals surface area (Å²) in [6.07, 6.45) is 2.83. The highest BCUT2D eigenvalue weighted by Crippen LogP contribution is 2.33. The third kappa shape index (κ3) is 7.61. The Morgan fingerprint density at radius 3 is 2.64 bits per heavy atom. The molecule has 39 heavy (non-hydrogen) atoms. The van der Waals surface area contributed by atoms with Gasteiger partial charge in [-0.1, -0.05) is 48.5 Å². The van der Waals surface area contributed by atoms with Crippen molar-refractivity contribution in [2.24, 2.45) is 0 Å². The largest absolute Gasteiger partial charge is 0.496 e. The molecular formula is C31H34N3O5. The second-order valence-corrected chi connectivity index (χ2v) is 9.39. The molecule has 3 aromatic carbocycles. The van der Waals surface area contributed by atoms with Crippen molar-refractivity contribution < 1.29 is 24.2 Å². The average molecular weight is 529 g/mol. The quantitative estimate of drug-likeness (QED) is 0.351. The van der Waals surface area contributed by atoms with Crippen LogP contribution in [0.4, 0.5) is 5.69 Å². The average Bonchev–Trinajstić information content (AvgIpc) is 3.35. The van der Waals surface area contributed by atoms with Crippen molar-refractivity contribution >= 4 is 23.1 Å². The lowest BCUT2D eigenvalue weighted by Crippen LogP contribution is -2.46. The molecule has 8 heteroatoms. The maximum atomic E-state index is 13.0. The molecule has 203 valence electrons. The van der Waals surface area contributed by atoms with E-state index in [2.05, 4.69) is 10.6 Å². The second kappa shape index (κ2) is 13.5. The van der Waals surface area contributed by atoms with Crippen molar-refractivity contribution in [3.8, 4) is 11.5 Å². The lowest BCUT2D eigenvalue weighted by atomic mass is 9.99. The SMILES string of the molecule is COc1ccccc1CN(CC(CC1=C[N]c2ccccc21)NC(=O)COc1cccc(CCO)c1)C(C)=O. The Kier molecular flexibility index (Phi) is 9.58. The molecule has 0 aromatic heterocycles. The highest BCUT2D eigenvalue weighted by atomic mass is 16.5. The van der Waals surface area contributed by atoms with Crippen LogP contribution < -0.4 is 20.1 Å². The number of para-hydroxylation sites is 2. The molecule has 0 fully saturated rings. The maximum absolute atomic E-state index is 13.0. The van der Waals surface area contributed by atoms with Gasteiger partial charge in [0, 0.05) is 43.9 Å². The molecule has 0 bridgehead atoms. The van der Waals surface area contributed by atoms with Gasteiger partial charge in [-0.3, -0.25) is 14.9 Å². The number of carbonyl (C=O) groups excluding carboxylic acids is 2. The van der Waals surface area contributed by atoms with E-state index in [4.69, 9.17) is 9.47 Å². The monoisotopic (exact) mass is 528 g/mol. The molecule has 2 N–H and O–H groups in total. The molecule has 2 amide bonds. The first-order valence-corrected chi connectivity index (χ1v) is 13.0. The van der Waals surface area contributed by atoms with Gasteiger partial charge in [-0.2, -0.15) is 0 Å². The Morgan fingerprint density at radius 1 is 1.05 bits per heavy atom. The third-order valence-corrected chi connectivity index (χ3v) is 6.55. The standard InChI is InChI=1S/C31H34N3O5/c1-22(36)34(19-24-9-3-6-13-30(24)38-2)20-26(17-25-18-32-29-12-5-4-11-28(25)29)33-31(37)21-39-27-10-7-8-23(16-27)14-15-35/h3-13,16,18,26,35H,14-15,17,19-21H2,1-2H3,(H,33,37). The minimum absolute atomic E-state index is 0.0401. The fraction of sp³-hybridized carbons (Fsp3) is 0.290. The van der Waals surface area contributed by atoms with E-state index in [9.17, 15) is 14.7 Å². The molecule has 0 saturated heterocycles. The van der Waals surface area contributed by atoms with Gasteiger partial charge in [-0.15, -0.1) is 0 Å². The van der Waals surface area contributed by atoms with Crippen LogP contribution in [0.2, 0.25) is 0 Å². The predicted molar refractivity (Wildman–Crippen MR) is 150 cm³/mol. The molecule has 0 aliphatic carbocycles. The molecule has 8 nitrogen and oxygen atoms in total. The zero-order chi connectivity index (χ0) is 27.6. The highest BCUT2D eigenvalue weighted by Gasteiger charge is 2.24. The summed E-state index contributed by atoms with van der Waals surface area (Å²) in [6, 6.07) is 22.4. The van der Waals surface area contributed by atoms with Crippen LogP contribution in [0, 0.1) is 0 Å². The van der Waals surface area contributed by atoms with Gasteiger partial charge in [-0.05, 0) is 48.2 Å². The Hall–Kier alpha value is -4.30. The van der Waals surface area contributed by atoms with Gasteiger partial charge in [0.15, 0.2) is 6.61 Å². The Balaban J connectivity index is 1.48. The van der Waals surface area contributed by atoms with Crippen LogP contribution in [-0.2, 0) is 22.6 Å². The Morgan fingerprint density at radius 2 is 1.85 bits per heavy atom. The van der Waals surface area contributed by atoms with Crippen LogP contribution in [0.1, 0.15) is 30.0 Å². The minimum Gasteiger partial charge on any atom is -0.496 e. The first kappa shape index (κ1) is 27.7. The third-order valence-electron chi connectivity index (χ3n) is 6.55. The molecule has 1 atom stereocenters. The molecule has 0 saturated carbocycles. The number of aliphatic hydroxyl groups is 1. The zero-order valence-corrected chi connectivity index (χ0v) is 22.3. The number of rotatable bonds is 13. The summed E-state index contributed by atoms with van der Waals surface area (Å²) in [5.74, 6) is 0.854. The van der Waals surface area contributed by atoms with E-state index in [0.717, 1.165) is 28.0 Å². The summed E-state index contributed by atoms with van der Waals surface area (Å²) in [6.45, 7) is 2.03. The fourth-order valence-electron chi connectivity index (χ4n) is 4.61. The van der Waals surface area contributed by atoms with Crippen molar-refractivity contribution in [2.45, 2.75) is 32.4 Å². The summed E-state index contributed by atoms with van der Waals surface area (Å²) in [5, 5.41) is 16.8. The van der Waals surface area contributed by atoms with Gasteiger partial charge in [0.1, 0.15) is 11.5 Å². The lowest BCUT2D eigenvalue weighted by Gasteiger charge is -2.28. The van der Waals surface area contributed by atoms with E-state index in [-0.39, 0.29) is 31.1 Å². The molecule has 1 aliphatic rings. The number of benzene rings is 3. The molecule has 1 aliphatic heterocycles. The second-order valence-electron chi connectivity index (χ2n) is 9.39. The van der Waals surface area contributed by atoms with E-state index in [1.54, 1.807) is 18.1 Å². The van der Waals surface area contributed by atoms with E-state index in [1.807, 2.05) is 72.9 Å². The van der Waals surface area contributed by atoms with E-state index >= 15 is 0 Å². The summed E-state index contributed by atoms with van der Waals surface area (Å²) in [4.78, 5) is 27.4. The van der Waals surface area contributed by atoms with Gasteiger partial charge in [0.25, 0.3) is 5.91 Å².